The Bertz CT molecular complexity index is 717. The Morgan fingerprint density at radius 2 is 2.17 bits per heavy atom. The molecule has 0 saturated carbocycles. The first-order chi connectivity index (χ1) is 11.7. The van der Waals surface area contributed by atoms with Crippen LogP contribution in [0.15, 0.2) is 35.2 Å². The van der Waals surface area contributed by atoms with Crippen LogP contribution in [0.3, 0.4) is 0 Å². The number of amides is 1. The number of aromatic nitrogens is 2. The predicted octanol–water partition coefficient (Wildman–Crippen LogP) is 2.66. The molecule has 0 radical (unpaired) electrons. The van der Waals surface area contributed by atoms with Gasteiger partial charge in [0.25, 0.3) is 5.69 Å². The normalized spacial score (nSPS) is 18.2. The van der Waals surface area contributed by atoms with Gasteiger partial charge in [-0.05, 0) is 12.8 Å². The molecule has 1 aromatic carbocycles. The Morgan fingerprint density at radius 1 is 1.33 bits per heavy atom. The van der Waals surface area contributed by atoms with Crippen LogP contribution < -0.4 is 0 Å². The van der Waals surface area contributed by atoms with Crippen LogP contribution in [-0.2, 0) is 11.2 Å². The van der Waals surface area contributed by atoms with Gasteiger partial charge in [0.15, 0.2) is 5.82 Å². The van der Waals surface area contributed by atoms with E-state index >= 15 is 0 Å². The smallest absolute Gasteiger partial charge is 0.273 e. The third kappa shape index (κ3) is 3.42. The summed E-state index contributed by atoms with van der Waals surface area (Å²) in [7, 11) is 0. The molecule has 3 rings (SSSR count). The molecule has 8 nitrogen and oxygen atoms in total. The van der Waals surface area contributed by atoms with E-state index in [2.05, 4.69) is 10.1 Å². The highest BCUT2D eigenvalue weighted by Gasteiger charge is 2.30. The molecular weight excluding hydrogens is 312 g/mol. The molecule has 8 heteroatoms. The van der Waals surface area contributed by atoms with Crippen molar-refractivity contribution in [1.29, 1.82) is 0 Å². The van der Waals surface area contributed by atoms with Gasteiger partial charge in [-0.25, -0.2) is 0 Å². The molecule has 1 amide bonds. The summed E-state index contributed by atoms with van der Waals surface area (Å²) in [4.78, 5) is 29.3. The zero-order chi connectivity index (χ0) is 16.9. The standard InChI is InChI=1S/C16H18N4O4/c21-15(10-12-6-3-4-7-13(12)20(22)23)19-9-5-1-2-8-14(19)16-17-11-24-18-16/h3-4,6-7,11,14H,1-2,5,8-10H2/t14-/m1/s1. The van der Waals surface area contributed by atoms with Crippen LogP contribution in [0, 0.1) is 10.1 Å². The SMILES string of the molecule is O=C(Cc1ccccc1[N+](=O)[O-])N1CCCCC[C@@H]1c1ncon1. The molecule has 1 aliphatic heterocycles. The number of likely N-dealkylation sites (tertiary alicyclic amines) is 1. The number of rotatable bonds is 4. The Hall–Kier alpha value is -2.77. The number of carbonyl (C=O) groups excluding carboxylic acids is 1. The van der Waals surface area contributed by atoms with Crippen molar-refractivity contribution < 1.29 is 14.2 Å². The molecule has 1 saturated heterocycles. The third-order valence-electron chi connectivity index (χ3n) is 4.28. The van der Waals surface area contributed by atoms with E-state index < -0.39 is 4.92 Å². The highest BCUT2D eigenvalue weighted by atomic mass is 16.6. The average molecular weight is 330 g/mol. The van der Waals surface area contributed by atoms with Crippen molar-refractivity contribution in [3.05, 3.63) is 52.2 Å². The third-order valence-corrected chi connectivity index (χ3v) is 4.28. The molecule has 1 atom stereocenters. The number of nitro benzene ring substituents is 1. The highest BCUT2D eigenvalue weighted by molar-refractivity contribution is 5.80. The number of carbonyl (C=O) groups is 1. The first-order valence-electron chi connectivity index (χ1n) is 7.95. The van der Waals surface area contributed by atoms with Gasteiger partial charge in [0.1, 0.15) is 0 Å². The molecule has 0 bridgehead atoms. The molecular formula is C16H18N4O4. The summed E-state index contributed by atoms with van der Waals surface area (Å²) < 4.78 is 4.82. The van der Waals surface area contributed by atoms with Crippen LogP contribution in [0.5, 0.6) is 0 Å². The minimum atomic E-state index is -0.457. The molecule has 0 N–H and O–H groups in total. The molecule has 1 fully saturated rings. The van der Waals surface area contributed by atoms with E-state index in [0.717, 1.165) is 25.7 Å². The van der Waals surface area contributed by atoms with Gasteiger partial charge in [-0.15, -0.1) is 0 Å². The fourth-order valence-corrected chi connectivity index (χ4v) is 3.10. The lowest BCUT2D eigenvalue weighted by molar-refractivity contribution is -0.385. The topological polar surface area (TPSA) is 102 Å². The molecule has 0 spiro atoms. The molecule has 2 heterocycles. The average Bonchev–Trinajstić information content (AvgIpc) is 2.99. The monoisotopic (exact) mass is 330 g/mol. The quantitative estimate of drug-likeness (QED) is 0.631. The summed E-state index contributed by atoms with van der Waals surface area (Å²) in [5.41, 5.74) is 0.389. The second-order valence-corrected chi connectivity index (χ2v) is 5.80. The number of para-hydroxylation sites is 1. The van der Waals surface area contributed by atoms with E-state index in [1.807, 2.05) is 0 Å². The lowest BCUT2D eigenvalue weighted by Crippen LogP contribution is -2.36. The van der Waals surface area contributed by atoms with Crippen LogP contribution in [0.25, 0.3) is 0 Å². The second-order valence-electron chi connectivity index (χ2n) is 5.80. The summed E-state index contributed by atoms with van der Waals surface area (Å²) >= 11 is 0. The van der Waals surface area contributed by atoms with Gasteiger partial charge in [0.05, 0.1) is 17.4 Å². The van der Waals surface area contributed by atoms with Crippen LogP contribution in [-0.4, -0.2) is 32.4 Å². The molecule has 0 aliphatic carbocycles. The molecule has 126 valence electrons. The van der Waals surface area contributed by atoms with E-state index in [4.69, 9.17) is 4.52 Å². The lowest BCUT2D eigenvalue weighted by atomic mass is 10.1. The van der Waals surface area contributed by atoms with Gasteiger partial charge in [0, 0.05) is 18.2 Å². The summed E-state index contributed by atoms with van der Waals surface area (Å²) in [6.45, 7) is 0.596. The number of hydrogen-bond donors (Lipinski definition) is 0. The van der Waals surface area contributed by atoms with E-state index in [9.17, 15) is 14.9 Å². The minimum absolute atomic E-state index is 0.00843. The van der Waals surface area contributed by atoms with Gasteiger partial charge in [0.2, 0.25) is 12.3 Å². The fraction of sp³-hybridized carbons (Fsp3) is 0.438. The first-order valence-corrected chi connectivity index (χ1v) is 7.95. The summed E-state index contributed by atoms with van der Waals surface area (Å²) in [6.07, 6.45) is 4.92. The van der Waals surface area contributed by atoms with Crippen molar-refractivity contribution in [2.45, 2.75) is 38.1 Å². The van der Waals surface area contributed by atoms with Gasteiger partial charge in [-0.2, -0.15) is 4.98 Å². The van der Waals surface area contributed by atoms with Crippen LogP contribution in [0.1, 0.15) is 43.1 Å². The molecule has 1 aromatic heterocycles. The summed E-state index contributed by atoms with van der Waals surface area (Å²) in [6, 6.07) is 6.11. The summed E-state index contributed by atoms with van der Waals surface area (Å²) in [5.74, 6) is 0.341. The molecule has 24 heavy (non-hydrogen) atoms. The van der Waals surface area contributed by atoms with Crippen LogP contribution in [0.2, 0.25) is 0 Å². The Balaban J connectivity index is 1.83. The number of nitrogens with zero attached hydrogens (tertiary/aromatic N) is 4. The first kappa shape index (κ1) is 16.1. The largest absolute Gasteiger partial charge is 0.343 e. The maximum Gasteiger partial charge on any atom is 0.273 e. The van der Waals surface area contributed by atoms with Crippen LogP contribution >= 0.6 is 0 Å². The molecule has 1 aliphatic rings. The van der Waals surface area contributed by atoms with E-state index in [-0.39, 0.29) is 24.1 Å². The van der Waals surface area contributed by atoms with Crippen LogP contribution in [0.4, 0.5) is 5.69 Å². The fourth-order valence-electron chi connectivity index (χ4n) is 3.10. The highest BCUT2D eigenvalue weighted by Crippen LogP contribution is 2.29. The summed E-state index contributed by atoms with van der Waals surface area (Å²) in [5, 5.41) is 15.0. The second kappa shape index (κ2) is 7.20. The van der Waals surface area contributed by atoms with E-state index in [0.29, 0.717) is 17.9 Å². The van der Waals surface area contributed by atoms with E-state index in [1.165, 1.54) is 12.5 Å². The van der Waals surface area contributed by atoms with Gasteiger partial charge < -0.3 is 9.42 Å². The Morgan fingerprint density at radius 3 is 2.92 bits per heavy atom. The van der Waals surface area contributed by atoms with Crippen molar-refractivity contribution in [3.8, 4) is 0 Å². The van der Waals surface area contributed by atoms with Crippen molar-refractivity contribution in [1.82, 2.24) is 15.0 Å². The number of nitro groups is 1. The van der Waals surface area contributed by atoms with Gasteiger partial charge in [-0.1, -0.05) is 36.2 Å². The Kier molecular flexibility index (Phi) is 4.83. The van der Waals surface area contributed by atoms with Crippen molar-refractivity contribution in [2.24, 2.45) is 0 Å². The zero-order valence-corrected chi connectivity index (χ0v) is 13.1. The molecule has 0 unspecified atom stereocenters. The van der Waals surface area contributed by atoms with Crippen molar-refractivity contribution >= 4 is 11.6 Å². The van der Waals surface area contributed by atoms with Gasteiger partial charge >= 0.3 is 0 Å². The number of hydrogen-bond acceptors (Lipinski definition) is 6. The Labute approximate surface area is 138 Å². The minimum Gasteiger partial charge on any atom is -0.343 e. The number of benzene rings is 1. The molecule has 2 aromatic rings. The van der Waals surface area contributed by atoms with E-state index in [1.54, 1.807) is 23.1 Å². The zero-order valence-electron chi connectivity index (χ0n) is 13.1. The van der Waals surface area contributed by atoms with Crippen molar-refractivity contribution in [2.75, 3.05) is 6.54 Å². The predicted molar refractivity (Wildman–Crippen MR) is 84.0 cm³/mol. The maximum atomic E-state index is 12.8. The maximum absolute atomic E-state index is 12.8. The van der Waals surface area contributed by atoms with Crippen molar-refractivity contribution in [3.63, 3.8) is 0 Å². The van der Waals surface area contributed by atoms with Gasteiger partial charge in [-0.3, -0.25) is 14.9 Å². The lowest BCUT2D eigenvalue weighted by Gasteiger charge is -2.27.